The van der Waals surface area contributed by atoms with Crippen molar-refractivity contribution in [3.8, 4) is 5.75 Å². The lowest BCUT2D eigenvalue weighted by Gasteiger charge is -2.24. The van der Waals surface area contributed by atoms with E-state index in [1.54, 1.807) is 18.2 Å². The molecule has 0 aromatic heterocycles. The van der Waals surface area contributed by atoms with E-state index in [9.17, 15) is 13.2 Å². The molecule has 0 atom stereocenters. The Morgan fingerprint density at radius 2 is 1.91 bits per heavy atom. The molecule has 122 valence electrons. The number of amides is 1. The van der Waals surface area contributed by atoms with E-state index in [-0.39, 0.29) is 12.0 Å². The van der Waals surface area contributed by atoms with Crippen LogP contribution < -0.4 is 14.8 Å². The Balaban J connectivity index is 2.23. The van der Waals surface area contributed by atoms with Crippen molar-refractivity contribution in [1.29, 1.82) is 0 Å². The number of carbonyl (C=O) groups excluding carboxylic acids is 1. The van der Waals surface area contributed by atoms with E-state index >= 15 is 0 Å². The Labute approximate surface area is 131 Å². The van der Waals surface area contributed by atoms with E-state index in [1.807, 2.05) is 0 Å². The van der Waals surface area contributed by atoms with Crippen LogP contribution in [0.15, 0.2) is 18.2 Å². The normalized spacial score (nSPS) is 16.1. The van der Waals surface area contributed by atoms with Crippen LogP contribution in [0.4, 0.5) is 11.4 Å². The van der Waals surface area contributed by atoms with Crippen molar-refractivity contribution in [2.75, 3.05) is 16.3 Å². The highest BCUT2D eigenvalue weighted by atomic mass is 32.2. The topological polar surface area (TPSA) is 84.5 Å². The van der Waals surface area contributed by atoms with Gasteiger partial charge in [-0.2, -0.15) is 0 Å². The molecule has 1 amide bonds. The van der Waals surface area contributed by atoms with E-state index in [0.717, 1.165) is 31.9 Å². The molecule has 2 N–H and O–H groups in total. The summed E-state index contributed by atoms with van der Waals surface area (Å²) in [6, 6.07) is 4.96. The molecule has 1 fully saturated rings. The average molecular weight is 326 g/mol. The number of nitrogens with one attached hydrogen (secondary N) is 2. The van der Waals surface area contributed by atoms with Gasteiger partial charge in [0, 0.05) is 12.6 Å². The second-order valence-electron chi connectivity index (χ2n) is 5.64. The van der Waals surface area contributed by atoms with Crippen molar-refractivity contribution in [2.45, 2.75) is 45.1 Å². The quantitative estimate of drug-likeness (QED) is 0.871. The molecule has 1 aromatic rings. The van der Waals surface area contributed by atoms with Crippen LogP contribution in [0.2, 0.25) is 0 Å². The molecule has 22 heavy (non-hydrogen) atoms. The Morgan fingerprint density at radius 3 is 2.50 bits per heavy atom. The SMILES string of the molecule is CC(=O)Nc1ccc(OC2CCCCC2)c(NS(C)(=O)=O)c1. The third-order valence-corrected chi connectivity index (χ3v) is 4.03. The van der Waals surface area contributed by atoms with Gasteiger partial charge in [0.15, 0.2) is 0 Å². The summed E-state index contributed by atoms with van der Waals surface area (Å²) in [5.74, 6) is 0.276. The fourth-order valence-corrected chi connectivity index (χ4v) is 3.11. The van der Waals surface area contributed by atoms with Gasteiger partial charge in [0.2, 0.25) is 15.9 Å². The van der Waals surface area contributed by atoms with E-state index in [2.05, 4.69) is 10.0 Å². The van der Waals surface area contributed by atoms with Gasteiger partial charge in [0.1, 0.15) is 5.75 Å². The second-order valence-corrected chi connectivity index (χ2v) is 7.39. The van der Waals surface area contributed by atoms with Crippen LogP contribution in [0.25, 0.3) is 0 Å². The molecule has 7 heteroatoms. The van der Waals surface area contributed by atoms with Crippen LogP contribution in [0, 0.1) is 0 Å². The number of sulfonamides is 1. The molecule has 1 saturated carbocycles. The predicted molar refractivity (Wildman–Crippen MR) is 86.7 cm³/mol. The number of anilines is 2. The highest BCUT2D eigenvalue weighted by Gasteiger charge is 2.18. The molecule has 0 heterocycles. The van der Waals surface area contributed by atoms with Crippen LogP contribution in [0.5, 0.6) is 5.75 Å². The summed E-state index contributed by atoms with van der Waals surface area (Å²) >= 11 is 0. The third kappa shape index (κ3) is 5.22. The first-order chi connectivity index (χ1) is 10.3. The van der Waals surface area contributed by atoms with Gasteiger partial charge in [-0.15, -0.1) is 0 Å². The zero-order valence-electron chi connectivity index (χ0n) is 12.9. The molecule has 1 aromatic carbocycles. The van der Waals surface area contributed by atoms with Crippen molar-refractivity contribution >= 4 is 27.3 Å². The minimum atomic E-state index is -3.43. The van der Waals surface area contributed by atoms with Gasteiger partial charge in [-0.25, -0.2) is 8.42 Å². The van der Waals surface area contributed by atoms with E-state index < -0.39 is 10.0 Å². The third-order valence-electron chi connectivity index (χ3n) is 3.44. The Kier molecular flexibility index (Phi) is 5.28. The van der Waals surface area contributed by atoms with Gasteiger partial charge in [-0.1, -0.05) is 6.42 Å². The zero-order chi connectivity index (χ0) is 16.2. The molecule has 1 aliphatic rings. The maximum absolute atomic E-state index is 11.5. The minimum absolute atomic E-state index is 0.112. The Bertz CT molecular complexity index is 637. The molecule has 6 nitrogen and oxygen atoms in total. The summed E-state index contributed by atoms with van der Waals surface area (Å²) in [4.78, 5) is 11.1. The van der Waals surface area contributed by atoms with Gasteiger partial charge in [-0.05, 0) is 43.9 Å². The monoisotopic (exact) mass is 326 g/mol. The summed E-state index contributed by atoms with van der Waals surface area (Å²) in [5.41, 5.74) is 0.869. The standard InChI is InChI=1S/C15H22N2O4S/c1-11(18)16-12-8-9-15(14(10-12)17-22(2,19)20)21-13-6-4-3-5-7-13/h8-10,13,17H,3-7H2,1-2H3,(H,16,18). The van der Waals surface area contributed by atoms with Crippen LogP contribution in [0.3, 0.4) is 0 Å². The van der Waals surface area contributed by atoms with Crippen LogP contribution in [-0.2, 0) is 14.8 Å². The molecule has 0 bridgehead atoms. The molecule has 1 aliphatic carbocycles. The number of carbonyl (C=O) groups is 1. The molecule has 0 aliphatic heterocycles. The van der Waals surface area contributed by atoms with Crippen molar-refractivity contribution in [2.24, 2.45) is 0 Å². The molecule has 2 rings (SSSR count). The summed E-state index contributed by atoms with van der Waals surface area (Å²) < 4.78 is 31.5. The molecule has 0 saturated heterocycles. The van der Waals surface area contributed by atoms with E-state index in [0.29, 0.717) is 17.1 Å². The number of benzene rings is 1. The number of ether oxygens (including phenoxy) is 1. The largest absolute Gasteiger partial charge is 0.488 e. The van der Waals surface area contributed by atoms with Crippen molar-refractivity contribution in [1.82, 2.24) is 0 Å². The fourth-order valence-electron chi connectivity index (χ4n) is 2.56. The van der Waals surface area contributed by atoms with Crippen LogP contribution >= 0.6 is 0 Å². The lowest BCUT2D eigenvalue weighted by molar-refractivity contribution is -0.114. The zero-order valence-corrected chi connectivity index (χ0v) is 13.7. The van der Waals surface area contributed by atoms with Crippen molar-refractivity contribution < 1.29 is 17.9 Å². The average Bonchev–Trinajstić information content (AvgIpc) is 2.40. The molecular formula is C15H22N2O4S. The van der Waals surface area contributed by atoms with Gasteiger partial charge < -0.3 is 10.1 Å². The predicted octanol–water partition coefficient (Wildman–Crippen LogP) is 2.73. The molecule has 0 spiro atoms. The fraction of sp³-hybridized carbons (Fsp3) is 0.533. The molecule has 0 radical (unpaired) electrons. The maximum atomic E-state index is 11.5. The van der Waals surface area contributed by atoms with Crippen LogP contribution in [-0.4, -0.2) is 26.7 Å². The summed E-state index contributed by atoms with van der Waals surface area (Å²) in [7, 11) is -3.43. The first-order valence-corrected chi connectivity index (χ1v) is 9.29. The Morgan fingerprint density at radius 1 is 1.23 bits per heavy atom. The van der Waals surface area contributed by atoms with Gasteiger partial charge >= 0.3 is 0 Å². The number of rotatable bonds is 5. The number of hydrogen-bond acceptors (Lipinski definition) is 4. The maximum Gasteiger partial charge on any atom is 0.229 e. The summed E-state index contributed by atoms with van der Waals surface area (Å²) in [6.07, 6.45) is 6.63. The van der Waals surface area contributed by atoms with Crippen molar-refractivity contribution in [3.05, 3.63) is 18.2 Å². The lowest BCUT2D eigenvalue weighted by Crippen LogP contribution is -2.21. The number of hydrogen-bond donors (Lipinski definition) is 2. The first kappa shape index (κ1) is 16.6. The van der Waals surface area contributed by atoms with Crippen LogP contribution in [0.1, 0.15) is 39.0 Å². The second kappa shape index (κ2) is 7.00. The Hall–Kier alpha value is -1.76. The van der Waals surface area contributed by atoms with E-state index in [1.165, 1.54) is 13.3 Å². The summed E-state index contributed by atoms with van der Waals surface area (Å²) in [6.45, 7) is 1.40. The van der Waals surface area contributed by atoms with Gasteiger partial charge in [0.05, 0.1) is 18.0 Å². The van der Waals surface area contributed by atoms with Crippen molar-refractivity contribution in [3.63, 3.8) is 0 Å². The van der Waals surface area contributed by atoms with Gasteiger partial charge in [0.25, 0.3) is 0 Å². The first-order valence-electron chi connectivity index (χ1n) is 7.39. The smallest absolute Gasteiger partial charge is 0.229 e. The molecular weight excluding hydrogens is 304 g/mol. The van der Waals surface area contributed by atoms with E-state index in [4.69, 9.17) is 4.74 Å². The summed E-state index contributed by atoms with van der Waals surface area (Å²) in [5, 5.41) is 2.63. The lowest BCUT2D eigenvalue weighted by atomic mass is 9.98. The minimum Gasteiger partial charge on any atom is -0.488 e. The van der Waals surface area contributed by atoms with Gasteiger partial charge in [-0.3, -0.25) is 9.52 Å². The molecule has 0 unspecified atom stereocenters. The highest BCUT2D eigenvalue weighted by molar-refractivity contribution is 7.92. The highest BCUT2D eigenvalue weighted by Crippen LogP contribution is 2.32.